The second-order valence-corrected chi connectivity index (χ2v) is 14.1. The quantitative estimate of drug-likeness (QED) is 0.211. The van der Waals surface area contributed by atoms with Crippen molar-refractivity contribution in [1.82, 2.24) is 19.7 Å². The predicted molar refractivity (Wildman–Crippen MR) is 179 cm³/mol. The van der Waals surface area contributed by atoms with Crippen LogP contribution >= 0.6 is 0 Å². The number of nitrogen functional groups attached to an aromatic ring is 1. The molecule has 4 heterocycles. The highest BCUT2D eigenvalue weighted by atomic mass is 32.2. The Kier molecular flexibility index (Phi) is 12.1. The SMILES string of the molecule is Cc1cc(-c2ccc(C(=O)NS(=O)(=O)c3cccc(N)n3)c(N3C[C@H](C)CC3(C)C)n2)cnc1OCCOCCOCCOC(C)C. The van der Waals surface area contributed by atoms with E-state index in [1.165, 1.54) is 18.2 Å². The lowest BCUT2D eigenvalue weighted by molar-refractivity contribution is -0.00483. The van der Waals surface area contributed by atoms with Gasteiger partial charge in [0.1, 0.15) is 18.2 Å². The molecular weight excluding hydrogens is 624 g/mol. The van der Waals surface area contributed by atoms with E-state index in [-0.39, 0.29) is 28.1 Å². The number of nitrogens with zero attached hydrogens (tertiary/aromatic N) is 4. The first-order valence-corrected chi connectivity index (χ1v) is 17.2. The monoisotopic (exact) mass is 670 g/mol. The maximum atomic E-state index is 13.5. The number of nitrogens with one attached hydrogen (secondary N) is 1. The first-order chi connectivity index (χ1) is 22.3. The number of nitrogens with two attached hydrogens (primary N) is 1. The van der Waals surface area contributed by atoms with Gasteiger partial charge in [0.15, 0.2) is 5.03 Å². The summed E-state index contributed by atoms with van der Waals surface area (Å²) < 4.78 is 50.5. The molecule has 1 atom stereocenters. The van der Waals surface area contributed by atoms with Gasteiger partial charge in [0.05, 0.1) is 50.4 Å². The molecule has 4 rings (SSSR count). The molecule has 0 bridgehead atoms. The predicted octanol–water partition coefficient (Wildman–Crippen LogP) is 4.01. The van der Waals surface area contributed by atoms with E-state index in [0.717, 1.165) is 17.5 Å². The Labute approximate surface area is 277 Å². The Morgan fingerprint density at radius 1 is 1.06 bits per heavy atom. The summed E-state index contributed by atoms with van der Waals surface area (Å²) in [6.45, 7) is 15.5. The molecule has 3 aromatic heterocycles. The van der Waals surface area contributed by atoms with Crippen LogP contribution in [0.15, 0.2) is 47.6 Å². The van der Waals surface area contributed by atoms with Crippen molar-refractivity contribution in [3.05, 3.63) is 53.7 Å². The Bertz CT molecular complexity index is 1630. The maximum Gasteiger partial charge on any atom is 0.281 e. The molecule has 1 amide bonds. The summed E-state index contributed by atoms with van der Waals surface area (Å²) in [5.74, 6) is 0.415. The van der Waals surface area contributed by atoms with Gasteiger partial charge < -0.3 is 29.6 Å². The van der Waals surface area contributed by atoms with Gasteiger partial charge >= 0.3 is 0 Å². The third-order valence-corrected chi connectivity index (χ3v) is 8.77. The first kappa shape index (κ1) is 36.0. The average Bonchev–Trinajstić information content (AvgIpc) is 3.29. The molecule has 14 heteroatoms. The van der Waals surface area contributed by atoms with E-state index in [2.05, 4.69) is 40.4 Å². The number of sulfonamides is 1. The Morgan fingerprint density at radius 2 is 1.77 bits per heavy atom. The molecule has 3 N–H and O–H groups in total. The number of aromatic nitrogens is 3. The summed E-state index contributed by atoms with van der Waals surface area (Å²) in [5, 5.41) is -0.348. The van der Waals surface area contributed by atoms with E-state index in [4.69, 9.17) is 29.7 Å². The van der Waals surface area contributed by atoms with Crippen LogP contribution in [0.1, 0.15) is 57.0 Å². The summed E-state index contributed by atoms with van der Waals surface area (Å²) in [6, 6.07) is 9.38. The van der Waals surface area contributed by atoms with Crippen molar-refractivity contribution in [3.63, 3.8) is 0 Å². The van der Waals surface area contributed by atoms with Gasteiger partial charge in [-0.3, -0.25) is 4.79 Å². The number of pyridine rings is 3. The van der Waals surface area contributed by atoms with Crippen molar-refractivity contribution in [1.29, 1.82) is 0 Å². The van der Waals surface area contributed by atoms with Gasteiger partial charge in [-0.2, -0.15) is 8.42 Å². The minimum atomic E-state index is -4.28. The van der Waals surface area contributed by atoms with Crippen LogP contribution in [0.4, 0.5) is 11.6 Å². The fourth-order valence-corrected chi connectivity index (χ4v) is 6.42. The minimum absolute atomic E-state index is 0.0260. The van der Waals surface area contributed by atoms with Crippen molar-refractivity contribution in [3.8, 4) is 17.1 Å². The lowest BCUT2D eigenvalue weighted by Gasteiger charge is -2.34. The molecule has 0 radical (unpaired) electrons. The highest BCUT2D eigenvalue weighted by Crippen LogP contribution is 2.38. The molecule has 47 heavy (non-hydrogen) atoms. The van der Waals surface area contributed by atoms with Gasteiger partial charge in [0.25, 0.3) is 15.9 Å². The third-order valence-electron chi connectivity index (χ3n) is 7.54. The van der Waals surface area contributed by atoms with E-state index in [9.17, 15) is 13.2 Å². The molecule has 0 saturated carbocycles. The summed E-state index contributed by atoms with van der Waals surface area (Å²) >= 11 is 0. The molecular formula is C33H46N6O7S. The Balaban J connectivity index is 1.46. The van der Waals surface area contributed by atoms with Crippen LogP contribution in [0.2, 0.25) is 0 Å². The molecule has 0 unspecified atom stereocenters. The van der Waals surface area contributed by atoms with Crippen LogP contribution < -0.4 is 20.1 Å². The number of amides is 1. The Morgan fingerprint density at radius 3 is 2.40 bits per heavy atom. The zero-order chi connectivity index (χ0) is 34.2. The van der Waals surface area contributed by atoms with Crippen molar-refractivity contribution >= 4 is 27.6 Å². The van der Waals surface area contributed by atoms with Gasteiger partial charge in [-0.05, 0) is 77.3 Å². The molecule has 1 fully saturated rings. The van der Waals surface area contributed by atoms with Gasteiger partial charge in [0, 0.05) is 29.4 Å². The third kappa shape index (κ3) is 9.83. The number of aryl methyl sites for hydroxylation is 1. The number of ether oxygens (including phenoxy) is 4. The minimum Gasteiger partial charge on any atom is -0.475 e. The maximum absolute atomic E-state index is 13.5. The summed E-state index contributed by atoms with van der Waals surface area (Å²) in [6.07, 6.45) is 2.72. The lowest BCUT2D eigenvalue weighted by atomic mass is 9.97. The van der Waals surface area contributed by atoms with Crippen molar-refractivity contribution < 1.29 is 32.2 Å². The molecule has 0 aliphatic carbocycles. The zero-order valence-corrected chi connectivity index (χ0v) is 28.8. The van der Waals surface area contributed by atoms with Gasteiger partial charge in [-0.25, -0.2) is 19.7 Å². The number of hydrogen-bond acceptors (Lipinski definition) is 12. The van der Waals surface area contributed by atoms with Crippen molar-refractivity contribution in [2.75, 3.05) is 56.8 Å². The average molecular weight is 671 g/mol. The van der Waals surface area contributed by atoms with Crippen LogP contribution in [0.5, 0.6) is 5.88 Å². The van der Waals surface area contributed by atoms with Crippen LogP contribution in [0, 0.1) is 12.8 Å². The van der Waals surface area contributed by atoms with E-state index in [0.29, 0.717) is 69.5 Å². The number of rotatable bonds is 16. The summed E-state index contributed by atoms with van der Waals surface area (Å²) in [4.78, 5) is 28.8. The molecule has 3 aromatic rings. The fraction of sp³-hybridized carbons (Fsp3) is 0.515. The molecule has 1 aliphatic heterocycles. The second kappa shape index (κ2) is 15.8. The smallest absolute Gasteiger partial charge is 0.281 e. The highest BCUT2D eigenvalue weighted by Gasteiger charge is 2.39. The van der Waals surface area contributed by atoms with Crippen LogP contribution in [-0.4, -0.2) is 87.1 Å². The van der Waals surface area contributed by atoms with Crippen LogP contribution in [0.25, 0.3) is 11.3 Å². The lowest BCUT2D eigenvalue weighted by Crippen LogP contribution is -2.41. The van der Waals surface area contributed by atoms with E-state index in [1.54, 1.807) is 18.3 Å². The number of hydrogen-bond donors (Lipinski definition) is 2. The fourth-order valence-electron chi connectivity index (χ4n) is 5.48. The standard InChI is InChI=1S/C33H46N6O7S/c1-22(2)45-16-14-43-12-13-44-15-17-46-32-24(4)18-25(20-35-32)27-11-10-26(30(36-27)39-21-23(3)19-33(39,5)6)31(40)38-47(41,42)29-9-7-8-28(34)37-29/h7-11,18,20,22-23H,12-17,19,21H2,1-6H3,(H2,34,37)(H,38,40)/t23-/m1/s1. The molecule has 0 spiro atoms. The molecule has 0 aromatic carbocycles. The zero-order valence-electron chi connectivity index (χ0n) is 28.0. The Hall–Kier alpha value is -3.85. The van der Waals surface area contributed by atoms with Gasteiger partial charge in [-0.15, -0.1) is 0 Å². The number of anilines is 2. The molecule has 1 aliphatic rings. The van der Waals surface area contributed by atoms with E-state index < -0.39 is 15.9 Å². The summed E-state index contributed by atoms with van der Waals surface area (Å²) in [5.41, 5.74) is 7.58. The van der Waals surface area contributed by atoms with E-state index in [1.807, 2.05) is 26.8 Å². The molecule has 13 nitrogen and oxygen atoms in total. The van der Waals surface area contributed by atoms with Gasteiger partial charge in [0.2, 0.25) is 5.88 Å². The normalized spacial score (nSPS) is 16.1. The number of carbonyl (C=O) groups excluding carboxylic acids is 1. The van der Waals surface area contributed by atoms with Crippen LogP contribution in [0.3, 0.4) is 0 Å². The van der Waals surface area contributed by atoms with E-state index >= 15 is 0 Å². The van der Waals surface area contributed by atoms with Crippen molar-refractivity contribution in [2.45, 2.75) is 64.6 Å². The summed E-state index contributed by atoms with van der Waals surface area (Å²) in [7, 11) is -4.28. The number of carbonyl (C=O) groups is 1. The van der Waals surface area contributed by atoms with Crippen molar-refractivity contribution in [2.24, 2.45) is 5.92 Å². The van der Waals surface area contributed by atoms with Gasteiger partial charge in [-0.1, -0.05) is 13.0 Å². The largest absolute Gasteiger partial charge is 0.475 e. The topological polar surface area (TPSA) is 168 Å². The van der Waals surface area contributed by atoms with Crippen LogP contribution in [-0.2, 0) is 24.2 Å². The second-order valence-electron chi connectivity index (χ2n) is 12.5. The molecule has 1 saturated heterocycles. The first-order valence-electron chi connectivity index (χ1n) is 15.7. The highest BCUT2D eigenvalue weighted by molar-refractivity contribution is 7.90. The molecule has 256 valence electrons.